The summed E-state index contributed by atoms with van der Waals surface area (Å²) in [6.07, 6.45) is 1.67. The molecule has 0 aromatic heterocycles. The number of allylic oxidation sites excluding steroid dienone is 1. The zero-order valence-corrected chi connectivity index (χ0v) is 10.5. The van der Waals surface area contributed by atoms with E-state index in [1.807, 2.05) is 12.1 Å². The van der Waals surface area contributed by atoms with Gasteiger partial charge in [-0.05, 0) is 23.6 Å². The third-order valence-corrected chi connectivity index (χ3v) is 2.48. The monoisotopic (exact) mass is 232 g/mol. The van der Waals surface area contributed by atoms with Crippen molar-refractivity contribution in [1.29, 1.82) is 0 Å². The molecule has 0 heterocycles. The molecule has 0 aliphatic heterocycles. The number of hydrogen-bond acceptors (Lipinski definition) is 3. The lowest BCUT2D eigenvalue weighted by Gasteiger charge is -2.11. The van der Waals surface area contributed by atoms with E-state index in [2.05, 4.69) is 31.5 Å². The summed E-state index contributed by atoms with van der Waals surface area (Å²) >= 11 is 0. The van der Waals surface area contributed by atoms with E-state index >= 15 is 0 Å². The molecule has 1 rings (SSSR count). The predicted molar refractivity (Wildman–Crippen MR) is 71.7 cm³/mol. The molecule has 0 amide bonds. The number of aryl methyl sites for hydroxylation is 1. The van der Waals surface area contributed by atoms with Gasteiger partial charge in [0, 0.05) is 12.1 Å². The van der Waals surface area contributed by atoms with Crippen LogP contribution in [0.25, 0.3) is 0 Å². The molecule has 0 bridgehead atoms. The van der Waals surface area contributed by atoms with Crippen molar-refractivity contribution in [1.82, 2.24) is 5.32 Å². The van der Waals surface area contributed by atoms with Crippen molar-refractivity contribution in [3.8, 4) is 5.75 Å². The molecule has 0 saturated heterocycles. The zero-order chi connectivity index (χ0) is 12.8. The van der Waals surface area contributed by atoms with Crippen molar-refractivity contribution in [3.63, 3.8) is 0 Å². The summed E-state index contributed by atoms with van der Waals surface area (Å²) in [5.74, 6) is 1.34. The molecular formula is C14H20N2O. The van der Waals surface area contributed by atoms with Crippen molar-refractivity contribution >= 4 is 0 Å². The predicted octanol–water partition coefficient (Wildman–Crippen LogP) is 2.33. The second-order valence-corrected chi connectivity index (χ2v) is 3.93. The van der Waals surface area contributed by atoms with Crippen LogP contribution in [-0.2, 0) is 12.8 Å². The minimum atomic E-state index is 0.416. The van der Waals surface area contributed by atoms with Gasteiger partial charge in [-0.1, -0.05) is 32.2 Å². The van der Waals surface area contributed by atoms with Gasteiger partial charge in [0.15, 0.2) is 0 Å². The first-order valence-electron chi connectivity index (χ1n) is 5.61. The number of nitrogens with two attached hydrogens (primary N) is 1. The van der Waals surface area contributed by atoms with E-state index in [1.165, 1.54) is 11.1 Å². The molecule has 17 heavy (non-hydrogen) atoms. The van der Waals surface area contributed by atoms with Gasteiger partial charge >= 0.3 is 0 Å². The van der Waals surface area contributed by atoms with Crippen molar-refractivity contribution in [2.24, 2.45) is 5.73 Å². The molecule has 0 unspecified atom stereocenters. The summed E-state index contributed by atoms with van der Waals surface area (Å²) in [7, 11) is 1.69. The standard InChI is InChI=1S/C14H20N2O/c1-5-13-9-12(6-7-14(13)17-4)8-10(2)16-11(3)15/h6-7,9,16H,2-3,5,8,15H2,1,4H3. The Morgan fingerprint density at radius 2 is 2.12 bits per heavy atom. The minimum absolute atomic E-state index is 0.416. The first-order valence-corrected chi connectivity index (χ1v) is 5.61. The molecule has 3 nitrogen and oxygen atoms in total. The van der Waals surface area contributed by atoms with E-state index in [0.29, 0.717) is 5.82 Å². The average Bonchev–Trinajstić information content (AvgIpc) is 2.27. The molecule has 0 radical (unpaired) electrons. The van der Waals surface area contributed by atoms with Crippen molar-refractivity contribution in [3.05, 3.63) is 54.0 Å². The highest BCUT2D eigenvalue weighted by Gasteiger charge is 2.04. The van der Waals surface area contributed by atoms with E-state index in [-0.39, 0.29) is 0 Å². The van der Waals surface area contributed by atoms with Crippen LogP contribution in [0.15, 0.2) is 42.9 Å². The molecule has 0 aliphatic rings. The zero-order valence-electron chi connectivity index (χ0n) is 10.5. The second kappa shape index (κ2) is 5.99. The van der Waals surface area contributed by atoms with E-state index in [1.54, 1.807) is 7.11 Å². The van der Waals surface area contributed by atoms with E-state index < -0.39 is 0 Å². The van der Waals surface area contributed by atoms with Crippen molar-refractivity contribution in [2.75, 3.05) is 7.11 Å². The highest BCUT2D eigenvalue weighted by atomic mass is 16.5. The van der Waals surface area contributed by atoms with Gasteiger partial charge in [-0.3, -0.25) is 0 Å². The molecule has 0 fully saturated rings. The number of rotatable bonds is 6. The number of methoxy groups -OCH3 is 1. The number of ether oxygens (including phenoxy) is 1. The van der Waals surface area contributed by atoms with Gasteiger partial charge in [-0.2, -0.15) is 0 Å². The topological polar surface area (TPSA) is 47.3 Å². The van der Waals surface area contributed by atoms with Gasteiger partial charge < -0.3 is 15.8 Å². The van der Waals surface area contributed by atoms with Crippen LogP contribution in [0.3, 0.4) is 0 Å². The highest BCUT2D eigenvalue weighted by molar-refractivity contribution is 5.38. The summed E-state index contributed by atoms with van der Waals surface area (Å²) < 4.78 is 5.29. The Kier molecular flexibility index (Phi) is 4.64. The van der Waals surface area contributed by atoms with Crippen LogP contribution in [0, 0.1) is 0 Å². The molecule has 0 atom stereocenters. The summed E-state index contributed by atoms with van der Waals surface area (Å²) in [6, 6.07) is 6.15. The summed E-state index contributed by atoms with van der Waals surface area (Å²) in [6.45, 7) is 9.60. The van der Waals surface area contributed by atoms with Crippen LogP contribution in [0.5, 0.6) is 5.75 Å². The Balaban J connectivity index is 2.79. The highest BCUT2D eigenvalue weighted by Crippen LogP contribution is 2.21. The fourth-order valence-corrected chi connectivity index (χ4v) is 1.74. The van der Waals surface area contributed by atoms with E-state index in [4.69, 9.17) is 10.5 Å². The Morgan fingerprint density at radius 3 is 2.65 bits per heavy atom. The van der Waals surface area contributed by atoms with E-state index in [0.717, 1.165) is 24.3 Å². The molecule has 0 spiro atoms. The number of benzene rings is 1. The van der Waals surface area contributed by atoms with Gasteiger partial charge in [0.1, 0.15) is 5.75 Å². The summed E-state index contributed by atoms with van der Waals surface area (Å²) in [5, 5.41) is 2.91. The molecule has 3 N–H and O–H groups in total. The number of hydrogen-bond donors (Lipinski definition) is 2. The average molecular weight is 232 g/mol. The molecule has 1 aromatic rings. The lowest BCUT2D eigenvalue weighted by molar-refractivity contribution is 0.410. The van der Waals surface area contributed by atoms with Crippen LogP contribution < -0.4 is 15.8 Å². The summed E-state index contributed by atoms with van der Waals surface area (Å²) in [5.41, 5.74) is 8.68. The largest absolute Gasteiger partial charge is 0.496 e. The van der Waals surface area contributed by atoms with Crippen molar-refractivity contribution < 1.29 is 4.74 Å². The molecule has 92 valence electrons. The van der Waals surface area contributed by atoms with Gasteiger partial charge in [0.05, 0.1) is 12.9 Å². The fourth-order valence-electron chi connectivity index (χ4n) is 1.74. The maximum Gasteiger partial charge on any atom is 0.122 e. The maximum absolute atomic E-state index is 5.46. The lowest BCUT2D eigenvalue weighted by atomic mass is 10.0. The first-order chi connectivity index (χ1) is 8.06. The normalized spacial score (nSPS) is 9.76. The first kappa shape index (κ1) is 13.2. The maximum atomic E-state index is 5.46. The molecule has 3 heteroatoms. The van der Waals surface area contributed by atoms with Crippen LogP contribution in [-0.4, -0.2) is 7.11 Å². The van der Waals surface area contributed by atoms with Crippen molar-refractivity contribution in [2.45, 2.75) is 19.8 Å². The van der Waals surface area contributed by atoms with Crippen LogP contribution in [0.2, 0.25) is 0 Å². The molecule has 1 aromatic carbocycles. The minimum Gasteiger partial charge on any atom is -0.496 e. The van der Waals surface area contributed by atoms with E-state index in [9.17, 15) is 0 Å². The Bertz CT molecular complexity index is 424. The van der Waals surface area contributed by atoms with Gasteiger partial charge in [0.25, 0.3) is 0 Å². The SMILES string of the molecule is C=C(N)NC(=C)Cc1ccc(OC)c(CC)c1. The van der Waals surface area contributed by atoms with Gasteiger partial charge in [-0.15, -0.1) is 0 Å². The quantitative estimate of drug-likeness (QED) is 0.791. The Morgan fingerprint density at radius 1 is 1.41 bits per heavy atom. The Labute approximate surface area is 103 Å². The molecule has 0 saturated carbocycles. The smallest absolute Gasteiger partial charge is 0.122 e. The van der Waals surface area contributed by atoms with Gasteiger partial charge in [-0.25, -0.2) is 0 Å². The van der Waals surface area contributed by atoms with Crippen LogP contribution in [0.4, 0.5) is 0 Å². The summed E-state index contributed by atoms with van der Waals surface area (Å²) in [4.78, 5) is 0. The number of nitrogens with one attached hydrogen (secondary N) is 1. The lowest BCUT2D eigenvalue weighted by Crippen LogP contribution is -2.18. The van der Waals surface area contributed by atoms with Crippen LogP contribution in [0.1, 0.15) is 18.1 Å². The molecular weight excluding hydrogens is 212 g/mol. The molecule has 0 aliphatic carbocycles. The second-order valence-electron chi connectivity index (χ2n) is 3.93. The Hall–Kier alpha value is -1.90. The van der Waals surface area contributed by atoms with Gasteiger partial charge in [0.2, 0.25) is 0 Å². The third-order valence-electron chi connectivity index (χ3n) is 2.48. The fraction of sp³-hybridized carbons (Fsp3) is 0.286. The third kappa shape index (κ3) is 3.87. The van der Waals surface area contributed by atoms with Crippen LogP contribution >= 0.6 is 0 Å².